The Labute approximate surface area is 91.0 Å². The van der Waals surface area contributed by atoms with Gasteiger partial charge in [0.2, 0.25) is 0 Å². The lowest BCUT2D eigenvalue weighted by atomic mass is 9.82. The van der Waals surface area contributed by atoms with Crippen LogP contribution in [0.15, 0.2) is 0 Å². The molecule has 2 heterocycles. The van der Waals surface area contributed by atoms with E-state index in [1.165, 1.54) is 12.8 Å². The number of rotatable bonds is 2. The summed E-state index contributed by atoms with van der Waals surface area (Å²) in [7, 11) is 0. The highest BCUT2D eigenvalue weighted by molar-refractivity contribution is 5.68. The standard InChI is InChI=1S/C11H20N2O2/c1-11(4-2-5-12-8-11)9-13-6-3-7-15-10(13)14/h12H,2-9H2,1H3. The molecule has 4 heteroatoms. The molecular formula is C11H20N2O2. The summed E-state index contributed by atoms with van der Waals surface area (Å²) >= 11 is 0. The van der Waals surface area contributed by atoms with Crippen LogP contribution in [-0.4, -0.2) is 43.8 Å². The van der Waals surface area contributed by atoms with Gasteiger partial charge in [0.05, 0.1) is 6.61 Å². The zero-order valence-electron chi connectivity index (χ0n) is 9.42. The van der Waals surface area contributed by atoms with Crippen molar-refractivity contribution in [1.29, 1.82) is 0 Å². The van der Waals surface area contributed by atoms with Crippen LogP contribution in [0.3, 0.4) is 0 Å². The van der Waals surface area contributed by atoms with Crippen molar-refractivity contribution in [2.24, 2.45) is 5.41 Å². The SMILES string of the molecule is CC1(CN2CCCOC2=O)CCCNC1. The molecule has 2 aliphatic heterocycles. The lowest BCUT2D eigenvalue weighted by molar-refractivity contribution is 0.0494. The van der Waals surface area contributed by atoms with Crippen LogP contribution >= 0.6 is 0 Å². The molecule has 1 atom stereocenters. The van der Waals surface area contributed by atoms with Crippen molar-refractivity contribution in [3.05, 3.63) is 0 Å². The summed E-state index contributed by atoms with van der Waals surface area (Å²) in [5, 5.41) is 3.40. The van der Waals surface area contributed by atoms with Crippen molar-refractivity contribution in [3.8, 4) is 0 Å². The molecule has 4 nitrogen and oxygen atoms in total. The Morgan fingerprint density at radius 2 is 2.40 bits per heavy atom. The first-order valence-corrected chi connectivity index (χ1v) is 5.82. The van der Waals surface area contributed by atoms with Crippen LogP contribution < -0.4 is 5.32 Å². The van der Waals surface area contributed by atoms with Crippen molar-refractivity contribution in [1.82, 2.24) is 10.2 Å². The lowest BCUT2D eigenvalue weighted by Crippen LogP contribution is -2.49. The Morgan fingerprint density at radius 3 is 3.07 bits per heavy atom. The Hall–Kier alpha value is -0.770. The van der Waals surface area contributed by atoms with Gasteiger partial charge in [0, 0.05) is 19.6 Å². The van der Waals surface area contributed by atoms with Gasteiger partial charge in [0.1, 0.15) is 0 Å². The van der Waals surface area contributed by atoms with Crippen molar-refractivity contribution in [3.63, 3.8) is 0 Å². The Kier molecular flexibility index (Phi) is 3.14. The number of amides is 1. The molecule has 0 radical (unpaired) electrons. The topological polar surface area (TPSA) is 41.6 Å². The van der Waals surface area contributed by atoms with Gasteiger partial charge in [-0.05, 0) is 31.2 Å². The highest BCUT2D eigenvalue weighted by atomic mass is 16.6. The summed E-state index contributed by atoms with van der Waals surface area (Å²) in [4.78, 5) is 13.4. The molecule has 2 saturated heterocycles. The number of carbonyl (C=O) groups excluding carboxylic acids is 1. The van der Waals surface area contributed by atoms with Crippen LogP contribution in [0.25, 0.3) is 0 Å². The Morgan fingerprint density at radius 1 is 1.53 bits per heavy atom. The van der Waals surface area contributed by atoms with E-state index in [0.717, 1.165) is 32.6 Å². The smallest absolute Gasteiger partial charge is 0.409 e. The largest absolute Gasteiger partial charge is 0.449 e. The minimum absolute atomic E-state index is 0.131. The summed E-state index contributed by atoms with van der Waals surface area (Å²) in [6.07, 6.45) is 3.24. The number of hydrogen-bond acceptors (Lipinski definition) is 3. The van der Waals surface area contributed by atoms with E-state index in [1.54, 1.807) is 0 Å². The second-order valence-corrected chi connectivity index (χ2v) is 4.98. The van der Waals surface area contributed by atoms with E-state index in [0.29, 0.717) is 6.61 Å². The quantitative estimate of drug-likeness (QED) is 0.748. The molecule has 1 N–H and O–H groups in total. The van der Waals surface area contributed by atoms with E-state index in [9.17, 15) is 4.79 Å². The molecule has 86 valence electrons. The van der Waals surface area contributed by atoms with Gasteiger partial charge >= 0.3 is 6.09 Å². The van der Waals surface area contributed by atoms with Crippen molar-refractivity contribution in [2.75, 3.05) is 32.8 Å². The predicted molar refractivity (Wildman–Crippen MR) is 57.7 cm³/mol. The van der Waals surface area contributed by atoms with E-state index in [2.05, 4.69) is 12.2 Å². The highest BCUT2D eigenvalue weighted by Gasteiger charge is 2.32. The minimum Gasteiger partial charge on any atom is -0.449 e. The van der Waals surface area contributed by atoms with Gasteiger partial charge in [0.15, 0.2) is 0 Å². The maximum absolute atomic E-state index is 11.5. The molecule has 2 rings (SSSR count). The zero-order chi connectivity index (χ0) is 10.7. The van der Waals surface area contributed by atoms with Crippen LogP contribution in [0.1, 0.15) is 26.2 Å². The summed E-state index contributed by atoms with van der Waals surface area (Å²) in [5.41, 5.74) is 0.231. The Bertz CT molecular complexity index is 237. The molecule has 2 aliphatic rings. The number of nitrogens with zero attached hydrogens (tertiary/aromatic N) is 1. The van der Waals surface area contributed by atoms with Gasteiger partial charge in [-0.1, -0.05) is 6.92 Å². The summed E-state index contributed by atoms with van der Waals surface area (Å²) in [5.74, 6) is 0. The zero-order valence-corrected chi connectivity index (χ0v) is 9.42. The molecule has 0 bridgehead atoms. The van der Waals surface area contributed by atoms with E-state index < -0.39 is 0 Å². The van der Waals surface area contributed by atoms with Gasteiger partial charge in [-0.2, -0.15) is 0 Å². The summed E-state index contributed by atoms with van der Waals surface area (Å²) in [6, 6.07) is 0. The average molecular weight is 212 g/mol. The first kappa shape index (κ1) is 10.7. The Balaban J connectivity index is 1.91. The van der Waals surface area contributed by atoms with Gasteiger partial charge < -0.3 is 15.0 Å². The van der Waals surface area contributed by atoms with Crippen molar-refractivity contribution in [2.45, 2.75) is 26.2 Å². The van der Waals surface area contributed by atoms with Gasteiger partial charge in [-0.15, -0.1) is 0 Å². The molecule has 15 heavy (non-hydrogen) atoms. The molecule has 0 aromatic heterocycles. The fourth-order valence-electron chi connectivity index (χ4n) is 2.46. The lowest BCUT2D eigenvalue weighted by Gasteiger charge is -2.39. The first-order chi connectivity index (χ1) is 7.20. The number of piperidine rings is 1. The molecule has 1 amide bonds. The second kappa shape index (κ2) is 4.39. The van der Waals surface area contributed by atoms with E-state index in [4.69, 9.17) is 4.74 Å². The number of carbonyl (C=O) groups is 1. The minimum atomic E-state index is -0.131. The third-order valence-electron chi connectivity index (χ3n) is 3.31. The third-order valence-corrected chi connectivity index (χ3v) is 3.31. The second-order valence-electron chi connectivity index (χ2n) is 4.98. The maximum atomic E-state index is 11.5. The van der Waals surface area contributed by atoms with Crippen LogP contribution in [0.4, 0.5) is 4.79 Å². The van der Waals surface area contributed by atoms with Gasteiger partial charge in [0.25, 0.3) is 0 Å². The maximum Gasteiger partial charge on any atom is 0.409 e. The van der Waals surface area contributed by atoms with Crippen LogP contribution in [-0.2, 0) is 4.74 Å². The monoisotopic (exact) mass is 212 g/mol. The number of nitrogens with one attached hydrogen (secondary N) is 1. The molecule has 2 fully saturated rings. The van der Waals surface area contributed by atoms with Gasteiger partial charge in [-0.3, -0.25) is 0 Å². The van der Waals surface area contributed by atoms with Crippen LogP contribution in [0.5, 0.6) is 0 Å². The van der Waals surface area contributed by atoms with E-state index >= 15 is 0 Å². The molecular weight excluding hydrogens is 192 g/mol. The molecule has 0 saturated carbocycles. The molecule has 1 unspecified atom stereocenters. The van der Waals surface area contributed by atoms with Crippen LogP contribution in [0, 0.1) is 5.41 Å². The molecule has 0 aliphatic carbocycles. The van der Waals surface area contributed by atoms with Crippen molar-refractivity contribution >= 4 is 6.09 Å². The first-order valence-electron chi connectivity index (χ1n) is 5.82. The van der Waals surface area contributed by atoms with Gasteiger partial charge in [-0.25, -0.2) is 4.79 Å². The number of cyclic esters (lactones) is 1. The predicted octanol–water partition coefficient (Wildman–Crippen LogP) is 1.22. The molecule has 0 aromatic rings. The van der Waals surface area contributed by atoms with E-state index in [1.807, 2.05) is 4.90 Å². The third kappa shape index (κ3) is 2.62. The molecule has 0 spiro atoms. The normalized spacial score (nSPS) is 32.6. The number of ether oxygens (including phenoxy) is 1. The van der Waals surface area contributed by atoms with E-state index in [-0.39, 0.29) is 11.5 Å². The summed E-state index contributed by atoms with van der Waals surface area (Å²) in [6.45, 7) is 6.65. The molecule has 0 aromatic carbocycles. The van der Waals surface area contributed by atoms with Crippen molar-refractivity contribution < 1.29 is 9.53 Å². The highest BCUT2D eigenvalue weighted by Crippen LogP contribution is 2.27. The average Bonchev–Trinajstić information content (AvgIpc) is 2.22. The summed E-state index contributed by atoms with van der Waals surface area (Å²) < 4.78 is 5.04. The fourth-order valence-corrected chi connectivity index (χ4v) is 2.46. The number of hydrogen-bond donors (Lipinski definition) is 1. The van der Waals surface area contributed by atoms with Crippen LogP contribution in [0.2, 0.25) is 0 Å². The fraction of sp³-hybridized carbons (Fsp3) is 0.909.